The number of rotatable bonds is 4. The molecule has 0 N–H and O–H groups in total. The van der Waals surface area contributed by atoms with Crippen molar-refractivity contribution >= 4 is 14.3 Å². The molecule has 0 amide bonds. The molecule has 0 unspecified atom stereocenters. The Morgan fingerprint density at radius 3 is 2.24 bits per heavy atom. The van der Waals surface area contributed by atoms with Crippen molar-refractivity contribution < 1.29 is 4.58 Å². The van der Waals surface area contributed by atoms with Crippen LogP contribution in [0, 0.1) is 0 Å². The second-order valence-electron chi connectivity index (χ2n) is 5.52. The number of nitrogens with zero attached hydrogens (tertiary/aromatic N) is 1. The lowest BCUT2D eigenvalue weighted by atomic mass is 10.2. The van der Waals surface area contributed by atoms with Crippen molar-refractivity contribution in [3.05, 3.63) is 47.2 Å². The van der Waals surface area contributed by atoms with Crippen LogP contribution in [0.15, 0.2) is 41.6 Å². The van der Waals surface area contributed by atoms with E-state index in [1.54, 1.807) is 0 Å². The molecule has 1 nitrogen and oxygen atoms in total. The molecule has 0 aromatic heterocycles. The number of allylic oxidation sites excluding steroid dienone is 2. The first-order chi connectivity index (χ1) is 7.93. The van der Waals surface area contributed by atoms with Gasteiger partial charge in [-0.3, -0.25) is 0 Å². The maximum Gasteiger partial charge on any atom is 0.167 e. The van der Waals surface area contributed by atoms with Gasteiger partial charge in [0.15, 0.2) is 12.8 Å². The van der Waals surface area contributed by atoms with Crippen LogP contribution in [0.3, 0.4) is 0 Å². The van der Waals surface area contributed by atoms with Crippen LogP contribution in [-0.2, 0) is 6.54 Å². The van der Waals surface area contributed by atoms with Crippen molar-refractivity contribution in [3.63, 3.8) is 0 Å². The Kier molecular flexibility index (Phi) is 4.88. The highest BCUT2D eigenvalue weighted by molar-refractivity contribution is 6.86. The summed E-state index contributed by atoms with van der Waals surface area (Å²) in [6.45, 7) is 10.3. The summed E-state index contributed by atoms with van der Waals surface area (Å²) in [6, 6.07) is 10.6. The Balaban J connectivity index is 2.80. The first kappa shape index (κ1) is 13.9. The van der Waals surface area contributed by atoms with Gasteiger partial charge in [0.1, 0.15) is 7.05 Å². The standard InChI is InChI=1S/C15H24NSi/c1-6-15(17(3,4)5)13-16(2)12-14-10-8-7-9-11-14/h6-11,13H,12H2,1-5H3/q+1/b15-6-,16-13?. The van der Waals surface area contributed by atoms with Gasteiger partial charge in [-0.05, 0) is 12.1 Å². The summed E-state index contributed by atoms with van der Waals surface area (Å²) < 4.78 is 2.28. The molecule has 0 radical (unpaired) electrons. The number of hydrogen-bond donors (Lipinski definition) is 0. The van der Waals surface area contributed by atoms with E-state index in [0.717, 1.165) is 6.54 Å². The third kappa shape index (κ3) is 4.69. The lowest BCUT2D eigenvalue weighted by molar-refractivity contribution is -0.508. The quantitative estimate of drug-likeness (QED) is 0.433. The molecule has 0 heterocycles. The zero-order valence-corrected chi connectivity index (χ0v) is 12.7. The van der Waals surface area contributed by atoms with Crippen LogP contribution in [-0.4, -0.2) is 25.9 Å². The summed E-state index contributed by atoms with van der Waals surface area (Å²) in [7, 11) is 0.947. The number of hydrogen-bond acceptors (Lipinski definition) is 0. The fraction of sp³-hybridized carbons (Fsp3) is 0.400. The van der Waals surface area contributed by atoms with Crippen molar-refractivity contribution in [2.45, 2.75) is 33.1 Å². The second-order valence-corrected chi connectivity index (χ2v) is 10.6. The highest BCUT2D eigenvalue weighted by atomic mass is 28.3. The third-order valence-corrected chi connectivity index (χ3v) is 4.96. The molecule has 92 valence electrons. The Bertz CT molecular complexity index is 410. The lowest BCUT2D eigenvalue weighted by Crippen LogP contribution is -2.27. The molecule has 1 aromatic rings. The summed E-state index contributed by atoms with van der Waals surface area (Å²) in [4.78, 5) is 0. The minimum absolute atomic E-state index is 0.975. The van der Waals surface area contributed by atoms with Crippen LogP contribution in [0.1, 0.15) is 12.5 Å². The van der Waals surface area contributed by atoms with Crippen molar-refractivity contribution in [1.82, 2.24) is 0 Å². The molecule has 0 saturated heterocycles. The Labute approximate surface area is 107 Å². The average molecular weight is 246 g/mol. The van der Waals surface area contributed by atoms with Gasteiger partial charge in [-0.15, -0.1) is 0 Å². The second kappa shape index (κ2) is 5.96. The van der Waals surface area contributed by atoms with Gasteiger partial charge in [0.25, 0.3) is 0 Å². The monoisotopic (exact) mass is 246 g/mol. The SMILES string of the molecule is C/C=C(/C=[N+](C)Cc1ccccc1)[Si](C)(C)C. The molecular formula is C15H24NSi+. The van der Waals surface area contributed by atoms with E-state index in [-0.39, 0.29) is 0 Å². The largest absolute Gasteiger partial charge is 0.234 e. The Hall–Kier alpha value is -1.15. The molecule has 0 atom stereocenters. The predicted octanol–water partition coefficient (Wildman–Crippen LogP) is 3.72. The molecule has 0 fully saturated rings. The van der Waals surface area contributed by atoms with Crippen molar-refractivity contribution in [1.29, 1.82) is 0 Å². The van der Waals surface area contributed by atoms with Gasteiger partial charge in [0.05, 0.1) is 8.07 Å². The van der Waals surface area contributed by atoms with Crippen LogP contribution in [0.5, 0.6) is 0 Å². The predicted molar refractivity (Wildman–Crippen MR) is 79.5 cm³/mol. The van der Waals surface area contributed by atoms with Crippen molar-refractivity contribution in [2.75, 3.05) is 7.05 Å². The van der Waals surface area contributed by atoms with Gasteiger partial charge in [0, 0.05) is 5.56 Å². The summed E-state index contributed by atoms with van der Waals surface area (Å²) in [5, 5.41) is 1.51. The van der Waals surface area contributed by atoms with E-state index in [1.807, 2.05) is 0 Å². The molecule has 0 bridgehead atoms. The fourth-order valence-corrected chi connectivity index (χ4v) is 3.33. The molecular weight excluding hydrogens is 222 g/mol. The topological polar surface area (TPSA) is 3.01 Å². The van der Waals surface area contributed by atoms with Crippen molar-refractivity contribution in [2.24, 2.45) is 0 Å². The average Bonchev–Trinajstić information content (AvgIpc) is 2.25. The summed E-state index contributed by atoms with van der Waals surface area (Å²) in [6.07, 6.45) is 4.56. The maximum atomic E-state index is 2.38. The molecule has 2 heteroatoms. The summed E-state index contributed by atoms with van der Waals surface area (Å²) in [5.41, 5.74) is 1.36. The first-order valence-electron chi connectivity index (χ1n) is 6.19. The van der Waals surface area contributed by atoms with E-state index in [4.69, 9.17) is 0 Å². The molecule has 1 aromatic carbocycles. The molecule has 0 aliphatic heterocycles. The normalized spacial score (nSPS) is 13.9. The third-order valence-electron chi connectivity index (χ3n) is 2.81. The van der Waals surface area contributed by atoms with E-state index in [1.165, 1.54) is 10.8 Å². The first-order valence-corrected chi connectivity index (χ1v) is 9.69. The van der Waals surface area contributed by atoms with Crippen LogP contribution < -0.4 is 0 Å². The van der Waals surface area contributed by atoms with Gasteiger partial charge >= 0.3 is 0 Å². The highest BCUT2D eigenvalue weighted by Gasteiger charge is 2.19. The smallest absolute Gasteiger partial charge is 0.167 e. The summed E-state index contributed by atoms with van der Waals surface area (Å²) in [5.74, 6) is 0. The van der Waals surface area contributed by atoms with E-state index >= 15 is 0 Å². The summed E-state index contributed by atoms with van der Waals surface area (Å²) >= 11 is 0. The van der Waals surface area contributed by atoms with Crippen LogP contribution >= 0.6 is 0 Å². The van der Waals surface area contributed by atoms with E-state index in [9.17, 15) is 0 Å². The molecule has 0 saturated carbocycles. The fourth-order valence-electron chi connectivity index (χ4n) is 1.86. The molecule has 1 rings (SSSR count). The molecule has 0 aliphatic rings. The maximum absolute atomic E-state index is 2.38. The number of benzene rings is 1. The van der Waals surface area contributed by atoms with Crippen LogP contribution in [0.25, 0.3) is 0 Å². The Morgan fingerprint density at radius 1 is 1.18 bits per heavy atom. The van der Waals surface area contributed by atoms with Crippen LogP contribution in [0.2, 0.25) is 19.6 Å². The molecule has 17 heavy (non-hydrogen) atoms. The molecule has 0 aliphatic carbocycles. The minimum atomic E-state index is -1.20. The van der Waals surface area contributed by atoms with E-state index in [0.29, 0.717) is 0 Å². The van der Waals surface area contributed by atoms with Gasteiger partial charge in [-0.25, -0.2) is 4.58 Å². The minimum Gasteiger partial charge on any atom is -0.234 e. The van der Waals surface area contributed by atoms with Gasteiger partial charge < -0.3 is 0 Å². The zero-order valence-electron chi connectivity index (χ0n) is 11.7. The highest BCUT2D eigenvalue weighted by Crippen LogP contribution is 2.12. The van der Waals surface area contributed by atoms with E-state index in [2.05, 4.69) is 80.8 Å². The molecule has 0 spiro atoms. The van der Waals surface area contributed by atoms with Gasteiger partial charge in [-0.1, -0.05) is 56.0 Å². The van der Waals surface area contributed by atoms with Gasteiger partial charge in [-0.2, -0.15) is 0 Å². The Morgan fingerprint density at radius 2 is 1.76 bits per heavy atom. The zero-order chi connectivity index (χ0) is 12.9. The van der Waals surface area contributed by atoms with Gasteiger partial charge in [0.2, 0.25) is 0 Å². The van der Waals surface area contributed by atoms with Crippen LogP contribution in [0.4, 0.5) is 0 Å². The van der Waals surface area contributed by atoms with Crippen molar-refractivity contribution in [3.8, 4) is 0 Å². The lowest BCUT2D eigenvalue weighted by Gasteiger charge is -2.15. The van der Waals surface area contributed by atoms with E-state index < -0.39 is 8.07 Å².